The summed E-state index contributed by atoms with van der Waals surface area (Å²) in [6.45, 7) is 4.11. The summed E-state index contributed by atoms with van der Waals surface area (Å²) in [5, 5.41) is 3.67. The lowest BCUT2D eigenvalue weighted by molar-refractivity contribution is 0.0902. The fourth-order valence-electron chi connectivity index (χ4n) is 3.37. The molecule has 4 rings (SSSR count). The third-order valence-corrected chi connectivity index (χ3v) is 4.49. The van der Waals surface area contributed by atoms with Crippen LogP contribution in [0.4, 0.5) is 5.82 Å². The van der Waals surface area contributed by atoms with E-state index in [2.05, 4.69) is 34.1 Å². The summed E-state index contributed by atoms with van der Waals surface area (Å²) in [5.41, 5.74) is 2.19. The van der Waals surface area contributed by atoms with Crippen molar-refractivity contribution in [1.82, 2.24) is 15.0 Å². The molecule has 0 fully saturated rings. The molecule has 0 unspecified atom stereocenters. The van der Waals surface area contributed by atoms with E-state index in [1.54, 1.807) is 18.5 Å². The number of carbonyl (C=O) groups is 2. The van der Waals surface area contributed by atoms with Crippen molar-refractivity contribution in [2.75, 3.05) is 5.32 Å². The third-order valence-electron chi connectivity index (χ3n) is 4.49. The molecule has 0 aromatic carbocycles. The Labute approximate surface area is 152 Å². The first-order chi connectivity index (χ1) is 11.9. The number of H-pyrrole nitrogens is 1. The number of nitrogens with one attached hydrogen (secondary N) is 2. The lowest BCUT2D eigenvalue weighted by Crippen LogP contribution is -2.28. The molecule has 1 aliphatic carbocycles. The molecule has 0 atom stereocenters. The van der Waals surface area contributed by atoms with Crippen molar-refractivity contribution < 1.29 is 9.59 Å². The van der Waals surface area contributed by atoms with E-state index in [-0.39, 0.29) is 24.5 Å². The van der Waals surface area contributed by atoms with Gasteiger partial charge in [0.2, 0.25) is 0 Å². The second-order valence-electron chi connectivity index (χ2n) is 7.20. The van der Waals surface area contributed by atoms with Gasteiger partial charge in [-0.2, -0.15) is 0 Å². The standard InChI is InChI=1S/C19H18N4O2.CH4/c1-19(2)8-13-16(14(24)9-19)12(10-21-13)18(25)23-15-6-5-11-4-3-7-20-17(11)22-15;/h3-7,10,21H,8-9H2,1-2H3,(H,20,22,23,25);1H4. The zero-order chi connectivity index (χ0) is 17.6. The zero-order valence-electron chi connectivity index (χ0n) is 14.1. The molecule has 134 valence electrons. The number of fused-ring (bicyclic) bond motifs is 2. The number of amides is 1. The lowest BCUT2D eigenvalue weighted by atomic mass is 9.75. The van der Waals surface area contributed by atoms with E-state index in [1.165, 1.54) is 0 Å². The largest absolute Gasteiger partial charge is 0.364 e. The summed E-state index contributed by atoms with van der Waals surface area (Å²) in [6, 6.07) is 7.32. The molecule has 0 saturated carbocycles. The van der Waals surface area contributed by atoms with E-state index in [0.29, 0.717) is 29.0 Å². The first kappa shape index (κ1) is 17.8. The average Bonchev–Trinajstić information content (AvgIpc) is 2.97. The maximum Gasteiger partial charge on any atom is 0.259 e. The molecule has 0 bridgehead atoms. The molecule has 26 heavy (non-hydrogen) atoms. The summed E-state index contributed by atoms with van der Waals surface area (Å²) >= 11 is 0. The van der Waals surface area contributed by atoms with Crippen LogP contribution in [0.15, 0.2) is 36.7 Å². The van der Waals surface area contributed by atoms with Crippen LogP contribution in [0.25, 0.3) is 11.0 Å². The topological polar surface area (TPSA) is 87.7 Å². The smallest absolute Gasteiger partial charge is 0.259 e. The maximum atomic E-state index is 12.6. The van der Waals surface area contributed by atoms with Crippen molar-refractivity contribution >= 4 is 28.5 Å². The highest BCUT2D eigenvalue weighted by Crippen LogP contribution is 2.35. The molecule has 3 aromatic heterocycles. The Morgan fingerprint density at radius 2 is 2.04 bits per heavy atom. The van der Waals surface area contributed by atoms with Crippen LogP contribution in [-0.4, -0.2) is 26.6 Å². The summed E-state index contributed by atoms with van der Waals surface area (Å²) in [4.78, 5) is 36.8. The van der Waals surface area contributed by atoms with Crippen LogP contribution < -0.4 is 5.32 Å². The summed E-state index contributed by atoms with van der Waals surface area (Å²) in [6.07, 6.45) is 4.46. The van der Waals surface area contributed by atoms with Gasteiger partial charge in [-0.1, -0.05) is 21.3 Å². The Morgan fingerprint density at radius 1 is 1.23 bits per heavy atom. The monoisotopic (exact) mass is 350 g/mol. The second kappa shape index (κ2) is 6.37. The summed E-state index contributed by atoms with van der Waals surface area (Å²) < 4.78 is 0. The van der Waals surface area contributed by atoms with Gasteiger partial charge >= 0.3 is 0 Å². The van der Waals surface area contributed by atoms with Crippen molar-refractivity contribution in [3.8, 4) is 0 Å². The number of ketones is 1. The predicted octanol–water partition coefficient (Wildman–Crippen LogP) is 4.00. The minimum Gasteiger partial charge on any atom is -0.364 e. The van der Waals surface area contributed by atoms with Crippen LogP contribution in [0, 0.1) is 5.41 Å². The fourth-order valence-corrected chi connectivity index (χ4v) is 3.37. The van der Waals surface area contributed by atoms with E-state index in [9.17, 15) is 9.59 Å². The number of hydrogen-bond donors (Lipinski definition) is 2. The molecular formula is C20H22N4O2. The van der Waals surface area contributed by atoms with E-state index < -0.39 is 0 Å². The minimum absolute atomic E-state index is 0. The number of carbonyl (C=O) groups excluding carboxylic acids is 2. The van der Waals surface area contributed by atoms with Gasteiger partial charge in [-0.05, 0) is 36.1 Å². The van der Waals surface area contributed by atoms with Crippen LogP contribution >= 0.6 is 0 Å². The van der Waals surface area contributed by atoms with Crippen LogP contribution in [0.1, 0.15) is 54.1 Å². The van der Waals surface area contributed by atoms with Crippen molar-refractivity contribution in [2.45, 2.75) is 34.1 Å². The van der Waals surface area contributed by atoms with Crippen LogP contribution in [0.5, 0.6) is 0 Å². The Balaban J connectivity index is 0.00000196. The number of aromatic amines is 1. The molecular weight excluding hydrogens is 328 g/mol. The highest BCUT2D eigenvalue weighted by Gasteiger charge is 2.35. The first-order valence-corrected chi connectivity index (χ1v) is 8.19. The fraction of sp³-hybridized carbons (Fsp3) is 0.300. The van der Waals surface area contributed by atoms with Gasteiger partial charge in [-0.25, -0.2) is 9.97 Å². The minimum atomic E-state index is -0.340. The van der Waals surface area contributed by atoms with E-state index in [0.717, 1.165) is 17.5 Å². The third kappa shape index (κ3) is 3.10. The number of aromatic nitrogens is 3. The molecule has 1 aliphatic rings. The Hall–Kier alpha value is -3.02. The molecule has 0 radical (unpaired) electrons. The van der Waals surface area contributed by atoms with Gasteiger partial charge in [0.1, 0.15) is 5.82 Å². The van der Waals surface area contributed by atoms with E-state index in [4.69, 9.17) is 0 Å². The number of rotatable bonds is 2. The van der Waals surface area contributed by atoms with E-state index >= 15 is 0 Å². The molecule has 6 nitrogen and oxygen atoms in total. The average molecular weight is 350 g/mol. The number of hydrogen-bond acceptors (Lipinski definition) is 4. The quantitative estimate of drug-likeness (QED) is 0.731. The van der Waals surface area contributed by atoms with Gasteiger partial charge in [-0.15, -0.1) is 0 Å². The predicted molar refractivity (Wildman–Crippen MR) is 101 cm³/mol. The number of Topliss-reactive ketones (excluding diaryl/α,β-unsaturated/α-hetero) is 1. The van der Waals surface area contributed by atoms with Crippen molar-refractivity contribution in [2.24, 2.45) is 5.41 Å². The number of pyridine rings is 2. The molecule has 1 amide bonds. The Bertz CT molecular complexity index is 1000. The van der Waals surface area contributed by atoms with Gasteiger partial charge in [0.05, 0.1) is 11.1 Å². The van der Waals surface area contributed by atoms with Crippen molar-refractivity contribution in [1.29, 1.82) is 0 Å². The van der Waals surface area contributed by atoms with E-state index in [1.807, 2.05) is 18.2 Å². The van der Waals surface area contributed by atoms with Gasteiger partial charge in [-0.3, -0.25) is 9.59 Å². The lowest BCUT2D eigenvalue weighted by Gasteiger charge is -2.28. The van der Waals surface area contributed by atoms with Gasteiger partial charge < -0.3 is 10.3 Å². The SMILES string of the molecule is C.CC1(C)CC(=O)c2c(C(=O)Nc3ccc4cccnc4n3)c[nH]c2C1. The summed E-state index contributed by atoms with van der Waals surface area (Å²) in [7, 11) is 0. The van der Waals surface area contributed by atoms with Gasteiger partial charge in [0.25, 0.3) is 5.91 Å². The van der Waals surface area contributed by atoms with Crippen molar-refractivity contribution in [3.63, 3.8) is 0 Å². The molecule has 3 heterocycles. The van der Waals surface area contributed by atoms with Crippen molar-refractivity contribution in [3.05, 3.63) is 53.5 Å². The van der Waals surface area contributed by atoms with Crippen LogP contribution in [0.3, 0.4) is 0 Å². The zero-order valence-corrected chi connectivity index (χ0v) is 14.1. The summed E-state index contributed by atoms with van der Waals surface area (Å²) in [5.74, 6) is 0.0777. The first-order valence-electron chi connectivity index (χ1n) is 8.19. The molecule has 2 N–H and O–H groups in total. The second-order valence-corrected chi connectivity index (χ2v) is 7.20. The number of nitrogens with zero attached hydrogens (tertiary/aromatic N) is 2. The molecule has 0 saturated heterocycles. The molecule has 0 spiro atoms. The molecule has 3 aromatic rings. The Kier molecular flexibility index (Phi) is 4.36. The van der Waals surface area contributed by atoms with Gasteiger partial charge in [0, 0.05) is 29.9 Å². The normalized spacial score (nSPS) is 15.2. The molecule has 6 heteroatoms. The molecule has 0 aliphatic heterocycles. The number of anilines is 1. The Morgan fingerprint density at radius 3 is 2.85 bits per heavy atom. The van der Waals surface area contributed by atoms with Gasteiger partial charge in [0.15, 0.2) is 11.4 Å². The maximum absolute atomic E-state index is 12.6. The highest BCUT2D eigenvalue weighted by molar-refractivity contribution is 6.13. The highest BCUT2D eigenvalue weighted by atomic mass is 16.2. The van der Waals surface area contributed by atoms with Crippen LogP contribution in [0.2, 0.25) is 0 Å². The van der Waals surface area contributed by atoms with Crippen LogP contribution in [-0.2, 0) is 6.42 Å².